The van der Waals surface area contributed by atoms with Gasteiger partial charge in [-0.15, -0.1) is 4.98 Å². The maximum absolute atomic E-state index is 6.03. The van der Waals surface area contributed by atoms with Crippen LogP contribution in [0.5, 0.6) is 0 Å². The highest BCUT2D eigenvalue weighted by molar-refractivity contribution is 9.10. The molecule has 2 nitrogen and oxygen atoms in total. The summed E-state index contributed by atoms with van der Waals surface area (Å²) in [7, 11) is 6.03. The van der Waals surface area contributed by atoms with Crippen LogP contribution in [0, 0.1) is 7.05 Å². The minimum atomic E-state index is 0.764. The van der Waals surface area contributed by atoms with E-state index in [4.69, 9.17) is 7.05 Å². The van der Waals surface area contributed by atoms with E-state index < -0.39 is 0 Å². The number of aromatic nitrogens is 2. The van der Waals surface area contributed by atoms with E-state index in [1.54, 1.807) is 3.96 Å². The lowest BCUT2D eigenvalue weighted by molar-refractivity contribution is -0.527. The van der Waals surface area contributed by atoms with Crippen LogP contribution < -0.4 is 3.96 Å². The molecule has 2 aromatic carbocycles. The highest BCUT2D eigenvalue weighted by Gasteiger charge is 2.14. The largest absolute Gasteiger partial charge is 0.312 e. The zero-order chi connectivity index (χ0) is 14.1. The van der Waals surface area contributed by atoms with Crippen molar-refractivity contribution in [2.45, 2.75) is 0 Å². The zero-order valence-electron chi connectivity index (χ0n) is 10.3. The molecule has 20 heavy (non-hydrogen) atoms. The monoisotopic (exact) mass is 407 g/mol. The molecule has 3 rings (SSSR count). The fourth-order valence-electron chi connectivity index (χ4n) is 1.80. The number of rotatable bonds is 2. The summed E-state index contributed by atoms with van der Waals surface area (Å²) >= 11 is 8.28. The SMILES string of the molecule is [CH-][n+]1sc(-c2ccc(Br)cc2)nc1-c1ccc(Br)cc1. The van der Waals surface area contributed by atoms with E-state index in [1.165, 1.54) is 11.5 Å². The number of halogens is 2. The number of hydrogen-bond acceptors (Lipinski definition) is 2. The molecule has 0 amide bonds. The van der Waals surface area contributed by atoms with Gasteiger partial charge in [0.15, 0.2) is 5.82 Å². The van der Waals surface area contributed by atoms with Crippen LogP contribution in [-0.2, 0) is 0 Å². The molecule has 0 aliphatic heterocycles. The maximum Gasteiger partial charge on any atom is 0.248 e. The molecule has 3 aromatic rings. The molecule has 0 spiro atoms. The maximum atomic E-state index is 6.03. The Balaban J connectivity index is 2.02. The smallest absolute Gasteiger partial charge is 0.248 e. The first kappa shape index (κ1) is 13.8. The van der Waals surface area contributed by atoms with Crippen molar-refractivity contribution in [3.63, 3.8) is 0 Å². The number of nitrogens with zero attached hydrogens (tertiary/aromatic N) is 2. The predicted molar refractivity (Wildman–Crippen MR) is 88.3 cm³/mol. The van der Waals surface area contributed by atoms with Gasteiger partial charge in [0.2, 0.25) is 5.01 Å². The molecule has 1 heterocycles. The molecule has 0 bridgehead atoms. The second-order valence-corrected chi connectivity index (χ2v) is 6.97. The third kappa shape index (κ3) is 2.80. The van der Waals surface area contributed by atoms with Crippen molar-refractivity contribution < 1.29 is 3.96 Å². The van der Waals surface area contributed by atoms with E-state index in [1.807, 2.05) is 48.5 Å². The average Bonchev–Trinajstić information content (AvgIpc) is 2.82. The van der Waals surface area contributed by atoms with Gasteiger partial charge in [0, 0.05) is 14.5 Å². The standard InChI is InChI=1S/C15H9Br2N2S/c1-19-14(10-2-6-12(16)7-3-10)18-15(20-19)11-4-8-13(17)9-5-11/h1-9H. The topological polar surface area (TPSA) is 16.8 Å². The van der Waals surface area contributed by atoms with Crippen molar-refractivity contribution in [3.8, 4) is 22.0 Å². The second kappa shape index (κ2) is 5.68. The molecule has 1 aromatic heterocycles. The summed E-state index contributed by atoms with van der Waals surface area (Å²) in [6.07, 6.45) is 0. The van der Waals surface area contributed by atoms with Crippen LogP contribution in [0.15, 0.2) is 57.5 Å². The van der Waals surface area contributed by atoms with Crippen molar-refractivity contribution in [2.75, 3.05) is 0 Å². The van der Waals surface area contributed by atoms with Crippen LogP contribution >= 0.6 is 43.4 Å². The Morgan fingerprint density at radius 2 is 1.35 bits per heavy atom. The molecule has 99 valence electrons. The van der Waals surface area contributed by atoms with Gasteiger partial charge in [-0.1, -0.05) is 51.0 Å². The van der Waals surface area contributed by atoms with Crippen LogP contribution in [0.2, 0.25) is 0 Å². The molecule has 0 aliphatic carbocycles. The van der Waals surface area contributed by atoms with Gasteiger partial charge in [-0.3, -0.25) is 0 Å². The Kier molecular flexibility index (Phi) is 3.92. The molecule has 5 heteroatoms. The summed E-state index contributed by atoms with van der Waals surface area (Å²) in [6.45, 7) is 0. The van der Waals surface area contributed by atoms with E-state index in [9.17, 15) is 0 Å². The molecule has 0 fully saturated rings. The van der Waals surface area contributed by atoms with Crippen LogP contribution in [0.25, 0.3) is 22.0 Å². The van der Waals surface area contributed by atoms with Gasteiger partial charge in [-0.25, -0.2) is 0 Å². The zero-order valence-corrected chi connectivity index (χ0v) is 14.2. The van der Waals surface area contributed by atoms with Gasteiger partial charge < -0.3 is 3.96 Å². The summed E-state index contributed by atoms with van der Waals surface area (Å²) in [5, 5.41) is 0.901. The lowest BCUT2D eigenvalue weighted by atomic mass is 10.2. The Bertz CT molecular complexity index is 734. The van der Waals surface area contributed by atoms with E-state index in [2.05, 4.69) is 36.8 Å². The van der Waals surface area contributed by atoms with Gasteiger partial charge in [-0.05, 0) is 42.0 Å². The van der Waals surface area contributed by atoms with E-state index in [0.29, 0.717) is 0 Å². The number of benzene rings is 2. The molecule has 0 saturated carbocycles. The van der Waals surface area contributed by atoms with Crippen molar-refractivity contribution in [2.24, 2.45) is 0 Å². The van der Waals surface area contributed by atoms with Crippen molar-refractivity contribution >= 4 is 43.4 Å². The average molecular weight is 409 g/mol. The first-order chi connectivity index (χ1) is 9.63. The van der Waals surface area contributed by atoms with Crippen molar-refractivity contribution in [1.82, 2.24) is 4.98 Å². The summed E-state index contributed by atoms with van der Waals surface area (Å²) in [5.74, 6) is 0.764. The normalized spacial score (nSPS) is 10.7. The summed E-state index contributed by atoms with van der Waals surface area (Å²) in [4.78, 5) is 4.64. The van der Waals surface area contributed by atoms with Gasteiger partial charge >= 0.3 is 0 Å². The summed E-state index contributed by atoms with van der Waals surface area (Å²) in [6, 6.07) is 16.0. The van der Waals surface area contributed by atoms with Gasteiger partial charge in [0.1, 0.15) is 0 Å². The summed E-state index contributed by atoms with van der Waals surface area (Å²) < 4.78 is 3.68. The number of hydrogen-bond donors (Lipinski definition) is 0. The highest BCUT2D eigenvalue weighted by atomic mass is 79.9. The predicted octanol–water partition coefficient (Wildman–Crippen LogP) is 4.81. The van der Waals surface area contributed by atoms with Crippen molar-refractivity contribution in [1.29, 1.82) is 0 Å². The fourth-order valence-corrected chi connectivity index (χ4v) is 3.12. The van der Waals surface area contributed by atoms with Crippen LogP contribution in [0.1, 0.15) is 0 Å². The Hall–Kier alpha value is -1.17. The highest BCUT2D eigenvalue weighted by Crippen LogP contribution is 2.26. The first-order valence-electron chi connectivity index (χ1n) is 5.84. The molecule has 0 unspecified atom stereocenters. The quantitative estimate of drug-likeness (QED) is 0.439. The second-order valence-electron chi connectivity index (χ2n) is 4.17. The van der Waals surface area contributed by atoms with Gasteiger partial charge in [0.25, 0.3) is 0 Å². The molecule has 0 N–H and O–H groups in total. The van der Waals surface area contributed by atoms with Gasteiger partial charge in [0.05, 0.1) is 11.5 Å². The van der Waals surface area contributed by atoms with E-state index >= 15 is 0 Å². The lowest BCUT2D eigenvalue weighted by Gasteiger charge is -2.00. The summed E-state index contributed by atoms with van der Waals surface area (Å²) in [5.41, 5.74) is 2.05. The third-order valence-electron chi connectivity index (χ3n) is 2.79. The van der Waals surface area contributed by atoms with Crippen molar-refractivity contribution in [3.05, 3.63) is 64.5 Å². The first-order valence-corrected chi connectivity index (χ1v) is 8.20. The Labute approximate surface area is 138 Å². The van der Waals surface area contributed by atoms with Crippen LogP contribution in [0.4, 0.5) is 0 Å². The van der Waals surface area contributed by atoms with Crippen LogP contribution in [-0.4, -0.2) is 4.98 Å². The Morgan fingerprint density at radius 3 is 1.90 bits per heavy atom. The molecule has 0 aliphatic rings. The minimum Gasteiger partial charge on any atom is -0.312 e. The molecule has 0 atom stereocenters. The van der Waals surface area contributed by atoms with Gasteiger partial charge in [-0.2, -0.15) is 0 Å². The molecular weight excluding hydrogens is 400 g/mol. The molecule has 0 saturated heterocycles. The van der Waals surface area contributed by atoms with E-state index in [0.717, 1.165) is 30.9 Å². The minimum absolute atomic E-state index is 0.764. The molecular formula is C15H9Br2N2S. The lowest BCUT2D eigenvalue weighted by Crippen LogP contribution is -2.21. The van der Waals surface area contributed by atoms with Crippen LogP contribution in [0.3, 0.4) is 0 Å². The molecule has 1 radical (unpaired) electrons. The Morgan fingerprint density at radius 1 is 0.850 bits per heavy atom. The third-order valence-corrected chi connectivity index (χ3v) is 4.72. The van der Waals surface area contributed by atoms with E-state index in [-0.39, 0.29) is 0 Å². The fraction of sp³-hybridized carbons (Fsp3) is 0.